The first-order valence-corrected chi connectivity index (χ1v) is 11.1. The molecule has 0 saturated heterocycles. The summed E-state index contributed by atoms with van der Waals surface area (Å²) in [5.74, 6) is 0.736. The van der Waals surface area contributed by atoms with Gasteiger partial charge in [0.2, 0.25) is 5.95 Å². The molecule has 1 aromatic carbocycles. The number of hydrogen-bond acceptors (Lipinski definition) is 4. The zero-order chi connectivity index (χ0) is 21.3. The SMILES string of the molecule is CCCCCCCCn1c(=O)c2c(nc3n2CCN3c2cccc(C)c2)n(C)c1=O. The number of fused-ring (bicyclic) bond motifs is 3. The van der Waals surface area contributed by atoms with Gasteiger partial charge in [-0.1, -0.05) is 51.2 Å². The van der Waals surface area contributed by atoms with Crippen molar-refractivity contribution in [2.24, 2.45) is 7.05 Å². The van der Waals surface area contributed by atoms with Crippen LogP contribution in [0, 0.1) is 6.92 Å². The van der Waals surface area contributed by atoms with Crippen LogP contribution >= 0.6 is 0 Å². The van der Waals surface area contributed by atoms with Crippen LogP contribution in [-0.4, -0.2) is 25.2 Å². The highest BCUT2D eigenvalue weighted by atomic mass is 16.2. The summed E-state index contributed by atoms with van der Waals surface area (Å²) in [5.41, 5.74) is 2.74. The molecular formula is C23H31N5O2. The Balaban J connectivity index is 1.68. The number of anilines is 2. The molecule has 0 N–H and O–H groups in total. The highest BCUT2D eigenvalue weighted by Crippen LogP contribution is 2.31. The van der Waals surface area contributed by atoms with Gasteiger partial charge in [0.05, 0.1) is 0 Å². The minimum atomic E-state index is -0.278. The lowest BCUT2D eigenvalue weighted by Gasteiger charge is -2.16. The second-order valence-electron chi connectivity index (χ2n) is 8.29. The smallest absolute Gasteiger partial charge is 0.310 e. The molecule has 0 aliphatic carbocycles. The third-order valence-electron chi connectivity index (χ3n) is 6.05. The molecule has 2 aromatic heterocycles. The second kappa shape index (κ2) is 8.50. The summed E-state index contributed by atoms with van der Waals surface area (Å²) in [6, 6.07) is 8.26. The number of rotatable bonds is 8. The van der Waals surface area contributed by atoms with E-state index in [1.165, 1.54) is 34.0 Å². The van der Waals surface area contributed by atoms with Crippen LogP contribution in [0.2, 0.25) is 0 Å². The summed E-state index contributed by atoms with van der Waals surface area (Å²) < 4.78 is 4.89. The Labute approximate surface area is 176 Å². The summed E-state index contributed by atoms with van der Waals surface area (Å²) in [6.07, 6.45) is 6.71. The normalized spacial score (nSPS) is 13.4. The van der Waals surface area contributed by atoms with E-state index in [0.717, 1.165) is 37.4 Å². The van der Waals surface area contributed by atoms with E-state index in [1.807, 2.05) is 10.6 Å². The molecular weight excluding hydrogens is 378 g/mol. The third-order valence-corrected chi connectivity index (χ3v) is 6.05. The Morgan fingerprint density at radius 2 is 1.80 bits per heavy atom. The summed E-state index contributed by atoms with van der Waals surface area (Å²) in [6.45, 7) is 6.18. The van der Waals surface area contributed by atoms with Crippen molar-refractivity contribution in [3.8, 4) is 0 Å². The average molecular weight is 410 g/mol. The van der Waals surface area contributed by atoms with Crippen molar-refractivity contribution in [1.29, 1.82) is 0 Å². The number of aromatic nitrogens is 4. The van der Waals surface area contributed by atoms with E-state index in [4.69, 9.17) is 4.98 Å². The summed E-state index contributed by atoms with van der Waals surface area (Å²) in [7, 11) is 1.71. The molecule has 0 saturated carbocycles. The largest absolute Gasteiger partial charge is 0.332 e. The lowest BCUT2D eigenvalue weighted by molar-refractivity contribution is 0.526. The van der Waals surface area contributed by atoms with Gasteiger partial charge in [0.25, 0.3) is 5.56 Å². The first-order chi connectivity index (χ1) is 14.5. The molecule has 3 heterocycles. The molecule has 0 bridgehead atoms. The molecule has 0 amide bonds. The third kappa shape index (κ3) is 3.57. The van der Waals surface area contributed by atoms with E-state index < -0.39 is 0 Å². The van der Waals surface area contributed by atoms with Crippen LogP contribution in [0.1, 0.15) is 51.0 Å². The molecule has 0 unspecified atom stereocenters. The van der Waals surface area contributed by atoms with Gasteiger partial charge >= 0.3 is 5.69 Å². The maximum atomic E-state index is 13.3. The van der Waals surface area contributed by atoms with Crippen molar-refractivity contribution in [3.05, 3.63) is 50.7 Å². The van der Waals surface area contributed by atoms with E-state index in [1.54, 1.807) is 7.05 Å². The van der Waals surface area contributed by atoms with Gasteiger partial charge in [0.1, 0.15) is 0 Å². The number of imidazole rings is 1. The number of nitrogens with zero attached hydrogens (tertiary/aromatic N) is 5. The molecule has 0 spiro atoms. The highest BCUT2D eigenvalue weighted by Gasteiger charge is 2.28. The van der Waals surface area contributed by atoms with E-state index in [-0.39, 0.29) is 11.2 Å². The van der Waals surface area contributed by atoms with Crippen LogP contribution < -0.4 is 16.1 Å². The van der Waals surface area contributed by atoms with E-state index in [9.17, 15) is 9.59 Å². The molecule has 30 heavy (non-hydrogen) atoms. The standard InChI is InChI=1S/C23H31N5O2/c1-4-5-6-7-8-9-13-28-21(29)19-20(25(3)23(28)30)24-22-26(14-15-27(19)22)18-12-10-11-17(2)16-18/h10-12,16H,4-9,13-15H2,1-3H3. The quantitative estimate of drug-likeness (QED) is 0.532. The van der Waals surface area contributed by atoms with Crippen LogP contribution in [0.15, 0.2) is 33.9 Å². The minimum absolute atomic E-state index is 0.216. The summed E-state index contributed by atoms with van der Waals surface area (Å²) in [4.78, 5) is 32.9. The van der Waals surface area contributed by atoms with Gasteiger partial charge in [-0.2, -0.15) is 4.98 Å². The fraction of sp³-hybridized carbons (Fsp3) is 0.522. The molecule has 7 nitrogen and oxygen atoms in total. The van der Waals surface area contributed by atoms with Crippen LogP contribution in [0.4, 0.5) is 11.6 Å². The van der Waals surface area contributed by atoms with E-state index >= 15 is 0 Å². The number of unbranched alkanes of at least 4 members (excludes halogenated alkanes) is 5. The zero-order valence-electron chi connectivity index (χ0n) is 18.2. The van der Waals surface area contributed by atoms with Crippen molar-refractivity contribution in [3.63, 3.8) is 0 Å². The van der Waals surface area contributed by atoms with Crippen LogP contribution in [0.5, 0.6) is 0 Å². The number of benzene rings is 1. The predicted octanol–water partition coefficient (Wildman–Crippen LogP) is 3.72. The Kier molecular flexibility index (Phi) is 5.79. The molecule has 1 aliphatic heterocycles. The first-order valence-electron chi connectivity index (χ1n) is 11.1. The topological polar surface area (TPSA) is 65.1 Å². The molecule has 4 rings (SSSR count). The zero-order valence-corrected chi connectivity index (χ0v) is 18.2. The van der Waals surface area contributed by atoms with Crippen molar-refractivity contribution >= 4 is 22.8 Å². The van der Waals surface area contributed by atoms with Crippen molar-refractivity contribution in [1.82, 2.24) is 18.7 Å². The van der Waals surface area contributed by atoms with Crippen LogP contribution in [-0.2, 0) is 20.1 Å². The Morgan fingerprint density at radius 1 is 1.03 bits per heavy atom. The number of aryl methyl sites for hydroxylation is 2. The van der Waals surface area contributed by atoms with Gasteiger partial charge in [0, 0.05) is 32.4 Å². The molecule has 160 valence electrons. The van der Waals surface area contributed by atoms with Gasteiger partial charge in [0.15, 0.2) is 11.2 Å². The molecule has 0 fully saturated rings. The van der Waals surface area contributed by atoms with Gasteiger partial charge in [-0.3, -0.25) is 13.9 Å². The van der Waals surface area contributed by atoms with Crippen molar-refractivity contribution < 1.29 is 0 Å². The van der Waals surface area contributed by atoms with Gasteiger partial charge < -0.3 is 9.47 Å². The van der Waals surface area contributed by atoms with E-state index in [0.29, 0.717) is 24.3 Å². The lowest BCUT2D eigenvalue weighted by Crippen LogP contribution is -2.39. The average Bonchev–Trinajstić information content (AvgIpc) is 3.30. The van der Waals surface area contributed by atoms with Crippen LogP contribution in [0.3, 0.4) is 0 Å². The monoisotopic (exact) mass is 409 g/mol. The Hall–Kier alpha value is -2.83. The fourth-order valence-corrected chi connectivity index (χ4v) is 4.37. The van der Waals surface area contributed by atoms with Gasteiger partial charge in [-0.25, -0.2) is 4.79 Å². The first kappa shape index (κ1) is 20.4. The van der Waals surface area contributed by atoms with Crippen LogP contribution in [0.25, 0.3) is 11.2 Å². The lowest BCUT2D eigenvalue weighted by atomic mass is 10.1. The Bertz CT molecular complexity index is 1170. The second-order valence-corrected chi connectivity index (χ2v) is 8.29. The maximum absolute atomic E-state index is 13.3. The fourth-order valence-electron chi connectivity index (χ4n) is 4.37. The summed E-state index contributed by atoms with van der Waals surface area (Å²) >= 11 is 0. The van der Waals surface area contributed by atoms with Crippen molar-refractivity contribution in [2.75, 3.05) is 11.4 Å². The minimum Gasteiger partial charge on any atom is -0.310 e. The predicted molar refractivity (Wildman–Crippen MR) is 121 cm³/mol. The molecule has 1 aliphatic rings. The highest BCUT2D eigenvalue weighted by molar-refractivity contribution is 5.77. The van der Waals surface area contributed by atoms with Gasteiger partial charge in [-0.15, -0.1) is 0 Å². The number of hydrogen-bond donors (Lipinski definition) is 0. The Morgan fingerprint density at radius 3 is 2.57 bits per heavy atom. The molecule has 0 atom stereocenters. The van der Waals surface area contributed by atoms with Crippen molar-refractivity contribution in [2.45, 2.75) is 65.5 Å². The molecule has 3 aromatic rings. The summed E-state index contributed by atoms with van der Waals surface area (Å²) in [5, 5.41) is 0. The van der Waals surface area contributed by atoms with E-state index in [2.05, 4.69) is 36.9 Å². The maximum Gasteiger partial charge on any atom is 0.332 e. The molecule has 7 heteroatoms. The molecule has 0 radical (unpaired) electrons. The van der Waals surface area contributed by atoms with Gasteiger partial charge in [-0.05, 0) is 31.0 Å².